The maximum atomic E-state index is 5.86. The van der Waals surface area contributed by atoms with E-state index in [0.717, 1.165) is 37.7 Å². The Labute approximate surface area is 148 Å². The number of rotatable bonds is 5. The zero-order chi connectivity index (χ0) is 14.7. The Morgan fingerprint density at radius 2 is 2.36 bits per heavy atom. The standard InChI is InChI=1S/C14H24N6O.HI/c1-3-13-19-17-9-20(13)7-6-16-14(15-2)18-11-8-10-4-5-12(11)21-10;/h9-12H,3-8H2,1-2H3,(H2,15,16,18);1H. The number of aryl methyl sites for hydroxylation is 1. The minimum absolute atomic E-state index is 0. The van der Waals surface area contributed by atoms with Crippen molar-refractivity contribution in [3.05, 3.63) is 12.2 Å². The minimum atomic E-state index is 0. The lowest BCUT2D eigenvalue weighted by Crippen LogP contribution is -2.48. The monoisotopic (exact) mass is 420 g/mol. The molecule has 7 nitrogen and oxygen atoms in total. The summed E-state index contributed by atoms with van der Waals surface area (Å²) >= 11 is 0. The van der Waals surface area contributed by atoms with Crippen LogP contribution in [0.4, 0.5) is 0 Å². The van der Waals surface area contributed by atoms with Gasteiger partial charge in [-0.15, -0.1) is 34.2 Å². The topological polar surface area (TPSA) is 76.4 Å². The van der Waals surface area contributed by atoms with E-state index in [1.165, 1.54) is 12.8 Å². The third kappa shape index (κ3) is 3.89. The number of aromatic nitrogens is 3. The van der Waals surface area contributed by atoms with Crippen molar-refractivity contribution >= 4 is 29.9 Å². The van der Waals surface area contributed by atoms with Crippen LogP contribution in [0.5, 0.6) is 0 Å². The van der Waals surface area contributed by atoms with Crippen molar-refractivity contribution in [1.29, 1.82) is 0 Å². The molecular formula is C14H25IN6O. The van der Waals surface area contributed by atoms with E-state index in [0.29, 0.717) is 18.2 Å². The number of nitrogens with zero attached hydrogens (tertiary/aromatic N) is 4. The fourth-order valence-corrected chi connectivity index (χ4v) is 3.19. The number of ether oxygens (including phenoxy) is 1. The van der Waals surface area contributed by atoms with Gasteiger partial charge in [0.05, 0.1) is 18.2 Å². The summed E-state index contributed by atoms with van der Waals surface area (Å²) in [5.41, 5.74) is 0. The molecule has 8 heteroatoms. The van der Waals surface area contributed by atoms with Gasteiger partial charge >= 0.3 is 0 Å². The van der Waals surface area contributed by atoms with Gasteiger partial charge in [0, 0.05) is 26.6 Å². The van der Waals surface area contributed by atoms with Crippen molar-refractivity contribution in [3.63, 3.8) is 0 Å². The minimum Gasteiger partial charge on any atom is -0.373 e. The van der Waals surface area contributed by atoms with E-state index in [4.69, 9.17) is 4.74 Å². The highest BCUT2D eigenvalue weighted by Gasteiger charge is 2.41. The highest BCUT2D eigenvalue weighted by Crippen LogP contribution is 2.34. The molecule has 1 aromatic heterocycles. The molecule has 1 aromatic rings. The van der Waals surface area contributed by atoms with Gasteiger partial charge in [-0.3, -0.25) is 4.99 Å². The molecule has 2 N–H and O–H groups in total. The first kappa shape index (κ1) is 17.5. The van der Waals surface area contributed by atoms with Gasteiger partial charge in [-0.2, -0.15) is 0 Å². The predicted octanol–water partition coefficient (Wildman–Crippen LogP) is 0.943. The van der Waals surface area contributed by atoms with Crippen molar-refractivity contribution in [2.24, 2.45) is 4.99 Å². The highest BCUT2D eigenvalue weighted by atomic mass is 127. The fraction of sp³-hybridized carbons (Fsp3) is 0.786. The van der Waals surface area contributed by atoms with Crippen LogP contribution in [0.25, 0.3) is 0 Å². The van der Waals surface area contributed by atoms with E-state index in [2.05, 4.69) is 37.3 Å². The molecule has 2 aliphatic heterocycles. The summed E-state index contributed by atoms with van der Waals surface area (Å²) in [6, 6.07) is 0.399. The van der Waals surface area contributed by atoms with Crippen molar-refractivity contribution in [1.82, 2.24) is 25.4 Å². The lowest BCUT2D eigenvalue weighted by atomic mass is 9.96. The maximum absolute atomic E-state index is 5.86. The predicted molar refractivity (Wildman–Crippen MR) is 95.6 cm³/mol. The molecule has 2 saturated heterocycles. The molecule has 0 saturated carbocycles. The summed E-state index contributed by atoms with van der Waals surface area (Å²) in [7, 11) is 1.81. The van der Waals surface area contributed by atoms with Crippen LogP contribution in [0.15, 0.2) is 11.3 Å². The quantitative estimate of drug-likeness (QED) is 0.422. The molecule has 22 heavy (non-hydrogen) atoms. The molecule has 124 valence electrons. The molecule has 3 rings (SSSR count). The second-order valence-electron chi connectivity index (χ2n) is 5.65. The number of aliphatic imine (C=N–C) groups is 1. The molecule has 2 bridgehead atoms. The molecule has 0 aliphatic carbocycles. The average molecular weight is 420 g/mol. The first-order valence-corrected chi connectivity index (χ1v) is 7.79. The molecule has 3 unspecified atom stereocenters. The first-order chi connectivity index (χ1) is 10.3. The van der Waals surface area contributed by atoms with Gasteiger partial charge in [0.1, 0.15) is 12.2 Å². The van der Waals surface area contributed by atoms with Gasteiger partial charge in [-0.1, -0.05) is 6.92 Å². The number of halogens is 1. The Morgan fingerprint density at radius 3 is 3.00 bits per heavy atom. The highest BCUT2D eigenvalue weighted by molar-refractivity contribution is 14.0. The summed E-state index contributed by atoms with van der Waals surface area (Å²) in [5.74, 6) is 1.86. The number of nitrogens with one attached hydrogen (secondary N) is 2. The van der Waals surface area contributed by atoms with Crippen LogP contribution in [-0.2, 0) is 17.7 Å². The molecule has 0 amide bonds. The van der Waals surface area contributed by atoms with Crippen LogP contribution >= 0.6 is 24.0 Å². The summed E-state index contributed by atoms with van der Waals surface area (Å²) < 4.78 is 7.93. The van der Waals surface area contributed by atoms with Crippen molar-refractivity contribution < 1.29 is 4.74 Å². The Kier molecular flexibility index (Phi) is 6.42. The molecule has 2 fully saturated rings. The summed E-state index contributed by atoms with van der Waals surface area (Å²) in [4.78, 5) is 4.29. The molecule has 2 aliphatic rings. The summed E-state index contributed by atoms with van der Waals surface area (Å²) in [6.45, 7) is 3.72. The molecule has 3 heterocycles. The van der Waals surface area contributed by atoms with E-state index < -0.39 is 0 Å². The summed E-state index contributed by atoms with van der Waals surface area (Å²) in [5, 5.41) is 14.9. The van der Waals surface area contributed by atoms with E-state index >= 15 is 0 Å². The summed E-state index contributed by atoms with van der Waals surface area (Å²) in [6.07, 6.45) is 6.96. The molecule has 3 atom stereocenters. The number of hydrogen-bond donors (Lipinski definition) is 2. The Morgan fingerprint density at radius 1 is 1.50 bits per heavy atom. The first-order valence-electron chi connectivity index (χ1n) is 7.79. The van der Waals surface area contributed by atoms with Gasteiger partial charge in [0.2, 0.25) is 0 Å². The third-order valence-electron chi connectivity index (χ3n) is 4.31. The van der Waals surface area contributed by atoms with Crippen LogP contribution in [0.3, 0.4) is 0 Å². The average Bonchev–Trinajstić information content (AvgIpc) is 3.22. The van der Waals surface area contributed by atoms with Gasteiger partial charge in [0.15, 0.2) is 5.96 Å². The normalized spacial score (nSPS) is 26.8. The lowest BCUT2D eigenvalue weighted by molar-refractivity contribution is 0.0992. The van der Waals surface area contributed by atoms with Crippen molar-refractivity contribution in [3.8, 4) is 0 Å². The molecule has 0 aromatic carbocycles. The fourth-order valence-electron chi connectivity index (χ4n) is 3.19. The van der Waals surface area contributed by atoms with E-state index in [1.54, 1.807) is 13.4 Å². The van der Waals surface area contributed by atoms with Crippen molar-refractivity contribution in [2.75, 3.05) is 13.6 Å². The Bertz CT molecular complexity index is 505. The van der Waals surface area contributed by atoms with E-state index in [-0.39, 0.29) is 24.0 Å². The molecular weight excluding hydrogens is 395 g/mol. The van der Waals surface area contributed by atoms with Gasteiger partial charge in [-0.05, 0) is 19.3 Å². The number of guanidine groups is 1. The molecule has 0 radical (unpaired) electrons. The Balaban J connectivity index is 0.00000176. The van der Waals surface area contributed by atoms with Gasteiger partial charge < -0.3 is 19.9 Å². The number of fused-ring (bicyclic) bond motifs is 2. The smallest absolute Gasteiger partial charge is 0.191 e. The van der Waals surface area contributed by atoms with Gasteiger partial charge in [-0.25, -0.2) is 0 Å². The second-order valence-corrected chi connectivity index (χ2v) is 5.65. The number of hydrogen-bond acceptors (Lipinski definition) is 4. The zero-order valence-electron chi connectivity index (χ0n) is 13.2. The van der Waals surface area contributed by atoms with Crippen molar-refractivity contribution in [2.45, 2.75) is 57.4 Å². The second kappa shape index (κ2) is 8.09. The van der Waals surface area contributed by atoms with E-state index in [9.17, 15) is 0 Å². The largest absolute Gasteiger partial charge is 0.373 e. The SMILES string of the molecule is CCc1nncn1CCNC(=NC)NC1CC2CCC1O2.I. The van der Waals surface area contributed by atoms with Crippen LogP contribution < -0.4 is 10.6 Å². The van der Waals surface area contributed by atoms with E-state index in [1.807, 2.05) is 0 Å². The Hall–Kier alpha value is -0.900. The zero-order valence-corrected chi connectivity index (χ0v) is 15.5. The van der Waals surface area contributed by atoms with Crippen LogP contribution in [-0.4, -0.2) is 52.6 Å². The van der Waals surface area contributed by atoms with Crippen LogP contribution in [0.1, 0.15) is 32.0 Å². The third-order valence-corrected chi connectivity index (χ3v) is 4.31. The molecule has 0 spiro atoms. The van der Waals surface area contributed by atoms with Crippen LogP contribution in [0.2, 0.25) is 0 Å². The lowest BCUT2D eigenvalue weighted by Gasteiger charge is -2.22. The van der Waals surface area contributed by atoms with Gasteiger partial charge in [0.25, 0.3) is 0 Å². The van der Waals surface area contributed by atoms with Crippen LogP contribution in [0, 0.1) is 0 Å². The maximum Gasteiger partial charge on any atom is 0.191 e.